The van der Waals surface area contributed by atoms with Crippen molar-refractivity contribution in [2.24, 2.45) is 5.92 Å². The van der Waals surface area contributed by atoms with Crippen molar-refractivity contribution in [2.75, 3.05) is 0 Å². The van der Waals surface area contributed by atoms with Crippen LogP contribution in [0.3, 0.4) is 0 Å². The van der Waals surface area contributed by atoms with E-state index in [1.165, 1.54) is 25.2 Å². The molecule has 1 unspecified atom stereocenters. The van der Waals surface area contributed by atoms with Gasteiger partial charge in [0.15, 0.2) is 0 Å². The summed E-state index contributed by atoms with van der Waals surface area (Å²) in [5.74, 6) is 2.12. The molecule has 0 saturated carbocycles. The van der Waals surface area contributed by atoms with Crippen LogP contribution in [0.1, 0.15) is 33.0 Å². The molecule has 1 aliphatic heterocycles. The van der Waals surface area contributed by atoms with Gasteiger partial charge in [-0.2, -0.15) is 0 Å². The first-order valence-corrected chi connectivity index (χ1v) is 4.90. The largest absolute Gasteiger partial charge is 0.335 e. The lowest BCUT2D eigenvalue weighted by Crippen LogP contribution is -1.99. The number of nitrogens with zero attached hydrogens (tertiary/aromatic N) is 2. The van der Waals surface area contributed by atoms with Crippen LogP contribution in [-0.2, 0) is 13.0 Å². The Hall–Kier alpha value is -0.790. The molecule has 0 aromatic carbocycles. The Bertz CT molecular complexity index is 207. The minimum absolute atomic E-state index is 0.851. The van der Waals surface area contributed by atoms with Crippen molar-refractivity contribution >= 4 is 0 Å². The van der Waals surface area contributed by atoms with E-state index in [9.17, 15) is 0 Å². The van der Waals surface area contributed by atoms with Crippen LogP contribution < -0.4 is 0 Å². The molecule has 2 heteroatoms. The average molecular weight is 166 g/mol. The molecule has 1 aliphatic rings. The fourth-order valence-corrected chi connectivity index (χ4v) is 1.57. The maximum Gasteiger partial charge on any atom is 0.108 e. The van der Waals surface area contributed by atoms with E-state index in [0.29, 0.717) is 0 Å². The van der Waals surface area contributed by atoms with Gasteiger partial charge in [0.25, 0.3) is 0 Å². The summed E-state index contributed by atoms with van der Waals surface area (Å²) in [5.41, 5.74) is 0. The molecular formula is C10H18N2. The van der Waals surface area contributed by atoms with Crippen LogP contribution in [-0.4, -0.2) is 9.55 Å². The zero-order chi connectivity index (χ0) is 8.97. The zero-order valence-corrected chi connectivity index (χ0v) is 8.25. The van der Waals surface area contributed by atoms with Crippen LogP contribution >= 0.6 is 0 Å². The second-order valence-corrected chi connectivity index (χ2v) is 2.97. The molecule has 0 radical (unpaired) electrons. The minimum Gasteiger partial charge on any atom is -0.335 e. The summed E-state index contributed by atoms with van der Waals surface area (Å²) in [6.45, 7) is 7.43. The van der Waals surface area contributed by atoms with E-state index in [1.54, 1.807) is 0 Å². The van der Waals surface area contributed by atoms with Gasteiger partial charge in [-0.15, -0.1) is 0 Å². The number of imidazole rings is 1. The Balaban J connectivity index is 0.000000336. The molecule has 0 spiro atoms. The Morgan fingerprint density at radius 1 is 1.58 bits per heavy atom. The van der Waals surface area contributed by atoms with Gasteiger partial charge in [-0.25, -0.2) is 4.98 Å². The highest BCUT2D eigenvalue weighted by atomic mass is 15.1. The van der Waals surface area contributed by atoms with E-state index in [1.807, 2.05) is 20.0 Å². The second kappa shape index (κ2) is 4.29. The van der Waals surface area contributed by atoms with Crippen molar-refractivity contribution in [2.45, 2.75) is 40.2 Å². The maximum absolute atomic E-state index is 4.26. The molecule has 68 valence electrons. The predicted octanol–water partition coefficient (Wildman–Crippen LogP) is 2.49. The van der Waals surface area contributed by atoms with Crippen LogP contribution in [0.5, 0.6) is 0 Å². The van der Waals surface area contributed by atoms with Gasteiger partial charge in [0.2, 0.25) is 0 Å². The third-order valence-corrected chi connectivity index (χ3v) is 2.31. The monoisotopic (exact) mass is 166 g/mol. The lowest BCUT2D eigenvalue weighted by atomic mass is 10.1. The molecule has 0 bridgehead atoms. The van der Waals surface area contributed by atoms with Gasteiger partial charge in [-0.1, -0.05) is 27.2 Å². The van der Waals surface area contributed by atoms with Crippen molar-refractivity contribution in [1.29, 1.82) is 0 Å². The zero-order valence-electron chi connectivity index (χ0n) is 8.25. The fraction of sp³-hybridized carbons (Fsp3) is 0.700. The van der Waals surface area contributed by atoms with E-state index in [0.717, 1.165) is 5.92 Å². The van der Waals surface area contributed by atoms with E-state index >= 15 is 0 Å². The van der Waals surface area contributed by atoms with Crippen molar-refractivity contribution in [1.82, 2.24) is 9.55 Å². The molecule has 0 amide bonds. The van der Waals surface area contributed by atoms with Crippen LogP contribution in [0.15, 0.2) is 12.4 Å². The van der Waals surface area contributed by atoms with Crippen LogP contribution in [0, 0.1) is 5.92 Å². The lowest BCUT2D eigenvalue weighted by Gasteiger charge is -2.01. The van der Waals surface area contributed by atoms with Crippen LogP contribution in [0.25, 0.3) is 0 Å². The third-order valence-electron chi connectivity index (χ3n) is 2.31. The number of aromatic nitrogens is 2. The SMILES string of the molecule is CC.CCC1Cc2nccn2C1. The first-order chi connectivity index (χ1) is 5.90. The molecular weight excluding hydrogens is 148 g/mol. The van der Waals surface area contributed by atoms with Gasteiger partial charge in [-0.05, 0) is 5.92 Å². The minimum atomic E-state index is 0.851. The molecule has 2 rings (SSSR count). The molecule has 1 aromatic rings. The third kappa shape index (κ3) is 1.68. The molecule has 2 nitrogen and oxygen atoms in total. The van der Waals surface area contributed by atoms with E-state index in [-0.39, 0.29) is 0 Å². The van der Waals surface area contributed by atoms with Gasteiger partial charge in [0.05, 0.1) is 0 Å². The van der Waals surface area contributed by atoms with Gasteiger partial charge < -0.3 is 4.57 Å². The summed E-state index contributed by atoms with van der Waals surface area (Å²) in [6.07, 6.45) is 6.43. The van der Waals surface area contributed by atoms with Gasteiger partial charge in [0.1, 0.15) is 5.82 Å². The highest BCUT2D eigenvalue weighted by Crippen LogP contribution is 2.20. The summed E-state index contributed by atoms with van der Waals surface area (Å²) in [5, 5.41) is 0. The van der Waals surface area contributed by atoms with Crippen molar-refractivity contribution in [3.63, 3.8) is 0 Å². The standard InChI is InChI=1S/C8H12N2.C2H6/c1-2-7-5-8-9-3-4-10(8)6-7;1-2/h3-4,7H,2,5-6H2,1H3;1-2H3. The number of hydrogen-bond donors (Lipinski definition) is 0. The number of hydrogen-bond acceptors (Lipinski definition) is 1. The van der Waals surface area contributed by atoms with Gasteiger partial charge in [0, 0.05) is 25.4 Å². The Morgan fingerprint density at radius 3 is 2.92 bits per heavy atom. The van der Waals surface area contributed by atoms with Crippen LogP contribution in [0.2, 0.25) is 0 Å². The first kappa shape index (κ1) is 9.30. The maximum atomic E-state index is 4.26. The second-order valence-electron chi connectivity index (χ2n) is 2.97. The molecule has 2 heterocycles. The molecule has 1 atom stereocenters. The molecule has 0 saturated heterocycles. The first-order valence-electron chi connectivity index (χ1n) is 4.90. The van der Waals surface area contributed by atoms with E-state index in [4.69, 9.17) is 0 Å². The molecule has 0 fully saturated rings. The molecule has 1 aromatic heterocycles. The smallest absolute Gasteiger partial charge is 0.108 e. The van der Waals surface area contributed by atoms with E-state index < -0.39 is 0 Å². The normalized spacial score (nSPS) is 19.8. The van der Waals surface area contributed by atoms with Crippen LogP contribution in [0.4, 0.5) is 0 Å². The molecule has 0 aliphatic carbocycles. The fourth-order valence-electron chi connectivity index (χ4n) is 1.57. The summed E-state index contributed by atoms with van der Waals surface area (Å²) < 4.78 is 2.26. The van der Waals surface area contributed by atoms with Crippen molar-refractivity contribution in [3.8, 4) is 0 Å². The Kier molecular flexibility index (Phi) is 3.32. The molecule has 12 heavy (non-hydrogen) atoms. The lowest BCUT2D eigenvalue weighted by molar-refractivity contribution is 0.496. The summed E-state index contributed by atoms with van der Waals surface area (Å²) in [7, 11) is 0. The topological polar surface area (TPSA) is 17.8 Å². The molecule has 0 N–H and O–H groups in total. The Labute approximate surface area is 74.6 Å². The average Bonchev–Trinajstić information content (AvgIpc) is 2.65. The Morgan fingerprint density at radius 2 is 2.33 bits per heavy atom. The highest BCUT2D eigenvalue weighted by Gasteiger charge is 2.19. The number of rotatable bonds is 1. The summed E-state index contributed by atoms with van der Waals surface area (Å²) in [6, 6.07) is 0. The quantitative estimate of drug-likeness (QED) is 0.626. The van der Waals surface area contributed by atoms with Crippen molar-refractivity contribution in [3.05, 3.63) is 18.2 Å². The summed E-state index contributed by atoms with van der Waals surface area (Å²) >= 11 is 0. The number of fused-ring (bicyclic) bond motifs is 1. The summed E-state index contributed by atoms with van der Waals surface area (Å²) in [4.78, 5) is 4.26. The predicted molar refractivity (Wildman–Crippen MR) is 51.1 cm³/mol. The van der Waals surface area contributed by atoms with Gasteiger partial charge >= 0.3 is 0 Å². The van der Waals surface area contributed by atoms with Crippen molar-refractivity contribution < 1.29 is 0 Å². The van der Waals surface area contributed by atoms with E-state index in [2.05, 4.69) is 22.7 Å². The van der Waals surface area contributed by atoms with Gasteiger partial charge in [-0.3, -0.25) is 0 Å². The highest BCUT2D eigenvalue weighted by molar-refractivity contribution is 4.99.